The molecule has 0 radical (unpaired) electrons. The minimum Gasteiger partial charge on any atom is -0.497 e. The standard InChI is InChI=1S/C19H19FN2O2/c1-24-18-4-2-3-13(8-18)19-9-17(23)12-22(19)11-14-5-6-16(20)7-15(14)10-21/h2-8,17,19,23H,9,11-12H2,1H3/t17-,19-/m0/s1. The number of hydrogen-bond acceptors (Lipinski definition) is 4. The zero-order valence-electron chi connectivity index (χ0n) is 13.4. The highest BCUT2D eigenvalue weighted by Gasteiger charge is 2.32. The molecule has 1 N–H and O–H groups in total. The van der Waals surface area contributed by atoms with Crippen molar-refractivity contribution in [1.82, 2.24) is 4.90 Å². The molecule has 2 aromatic rings. The zero-order chi connectivity index (χ0) is 17.1. The van der Waals surface area contributed by atoms with Gasteiger partial charge in [-0.25, -0.2) is 4.39 Å². The number of aliphatic hydroxyl groups is 1. The highest BCUT2D eigenvalue weighted by atomic mass is 19.1. The average Bonchev–Trinajstić information content (AvgIpc) is 2.97. The highest BCUT2D eigenvalue weighted by Crippen LogP contribution is 2.35. The van der Waals surface area contributed by atoms with E-state index in [-0.39, 0.29) is 6.04 Å². The predicted molar refractivity (Wildman–Crippen MR) is 87.9 cm³/mol. The van der Waals surface area contributed by atoms with Crippen LogP contribution in [-0.4, -0.2) is 29.8 Å². The first-order valence-corrected chi connectivity index (χ1v) is 7.85. The van der Waals surface area contributed by atoms with Crippen LogP contribution < -0.4 is 4.74 Å². The lowest BCUT2D eigenvalue weighted by Crippen LogP contribution is -2.24. The largest absolute Gasteiger partial charge is 0.497 e. The Labute approximate surface area is 140 Å². The van der Waals surface area contributed by atoms with E-state index in [9.17, 15) is 14.8 Å². The molecule has 1 saturated heterocycles. The van der Waals surface area contributed by atoms with Gasteiger partial charge in [-0.15, -0.1) is 0 Å². The maximum absolute atomic E-state index is 13.3. The Balaban J connectivity index is 1.87. The number of hydrogen-bond donors (Lipinski definition) is 1. The molecule has 3 rings (SSSR count). The number of methoxy groups -OCH3 is 1. The Morgan fingerprint density at radius 2 is 2.17 bits per heavy atom. The quantitative estimate of drug-likeness (QED) is 0.938. The second-order valence-corrected chi connectivity index (χ2v) is 6.02. The number of nitrogens with zero attached hydrogens (tertiary/aromatic N) is 2. The van der Waals surface area contributed by atoms with Crippen molar-refractivity contribution >= 4 is 0 Å². The van der Waals surface area contributed by atoms with Crippen LogP contribution in [0.25, 0.3) is 0 Å². The van der Waals surface area contributed by atoms with Gasteiger partial charge in [0.15, 0.2) is 0 Å². The number of aliphatic hydroxyl groups excluding tert-OH is 1. The number of rotatable bonds is 4. The first kappa shape index (κ1) is 16.4. The van der Waals surface area contributed by atoms with E-state index < -0.39 is 11.9 Å². The van der Waals surface area contributed by atoms with Gasteiger partial charge in [0.1, 0.15) is 11.6 Å². The van der Waals surface area contributed by atoms with Crippen molar-refractivity contribution in [3.05, 3.63) is 65.0 Å². The smallest absolute Gasteiger partial charge is 0.124 e. The van der Waals surface area contributed by atoms with Crippen LogP contribution in [-0.2, 0) is 6.54 Å². The topological polar surface area (TPSA) is 56.5 Å². The molecule has 0 aliphatic carbocycles. The number of benzene rings is 2. The Morgan fingerprint density at radius 3 is 2.92 bits per heavy atom. The van der Waals surface area contributed by atoms with Gasteiger partial charge in [0.2, 0.25) is 0 Å². The fraction of sp³-hybridized carbons (Fsp3) is 0.316. The first-order chi connectivity index (χ1) is 11.6. The van der Waals surface area contributed by atoms with Gasteiger partial charge >= 0.3 is 0 Å². The lowest BCUT2D eigenvalue weighted by Gasteiger charge is -2.25. The van der Waals surface area contributed by atoms with E-state index in [2.05, 4.69) is 4.90 Å². The van der Waals surface area contributed by atoms with Gasteiger partial charge in [-0.05, 0) is 41.8 Å². The molecule has 1 heterocycles. The number of ether oxygens (including phenoxy) is 1. The highest BCUT2D eigenvalue weighted by molar-refractivity contribution is 5.38. The minimum absolute atomic E-state index is 0.0340. The summed E-state index contributed by atoms with van der Waals surface area (Å²) in [5.74, 6) is 0.356. The molecule has 0 bridgehead atoms. The molecule has 2 atom stereocenters. The molecule has 4 nitrogen and oxygen atoms in total. The molecule has 0 unspecified atom stereocenters. The van der Waals surface area contributed by atoms with E-state index >= 15 is 0 Å². The van der Waals surface area contributed by atoms with Crippen molar-refractivity contribution in [2.75, 3.05) is 13.7 Å². The van der Waals surface area contributed by atoms with Crippen molar-refractivity contribution in [3.63, 3.8) is 0 Å². The summed E-state index contributed by atoms with van der Waals surface area (Å²) in [6.07, 6.45) is 0.197. The summed E-state index contributed by atoms with van der Waals surface area (Å²) < 4.78 is 18.6. The van der Waals surface area contributed by atoms with Crippen LogP contribution in [0.2, 0.25) is 0 Å². The van der Waals surface area contributed by atoms with Crippen LogP contribution >= 0.6 is 0 Å². The van der Waals surface area contributed by atoms with Crippen LogP contribution in [0.3, 0.4) is 0 Å². The van der Waals surface area contributed by atoms with Crippen molar-refractivity contribution < 1.29 is 14.2 Å². The molecule has 124 valence electrons. The number of nitriles is 1. The molecule has 1 fully saturated rings. The fourth-order valence-corrected chi connectivity index (χ4v) is 3.26. The maximum Gasteiger partial charge on any atom is 0.124 e. The van der Waals surface area contributed by atoms with Gasteiger partial charge in [-0.1, -0.05) is 18.2 Å². The molecule has 2 aromatic carbocycles. The first-order valence-electron chi connectivity index (χ1n) is 7.85. The normalized spacial score (nSPS) is 20.8. The molecule has 1 aliphatic heterocycles. The van der Waals surface area contributed by atoms with E-state index in [1.165, 1.54) is 12.1 Å². The van der Waals surface area contributed by atoms with E-state index in [0.29, 0.717) is 25.1 Å². The second-order valence-electron chi connectivity index (χ2n) is 6.02. The predicted octanol–water partition coefficient (Wildman–Crippen LogP) is 3.01. The SMILES string of the molecule is COc1cccc([C@@H]2C[C@H](O)CN2Cc2ccc(F)cc2C#N)c1. The van der Waals surface area contributed by atoms with Crippen LogP contribution in [0, 0.1) is 17.1 Å². The van der Waals surface area contributed by atoms with Crippen molar-refractivity contribution in [3.8, 4) is 11.8 Å². The molecule has 24 heavy (non-hydrogen) atoms. The third kappa shape index (κ3) is 3.40. The summed E-state index contributed by atoms with van der Waals surface area (Å²) in [6, 6.07) is 14.1. The van der Waals surface area contributed by atoms with Gasteiger partial charge in [0, 0.05) is 19.1 Å². The number of β-amino-alcohol motifs (C(OH)–C–C–N with tert-alkyl or cyclic N) is 1. The fourth-order valence-electron chi connectivity index (χ4n) is 3.26. The summed E-state index contributed by atoms with van der Waals surface area (Å²) >= 11 is 0. The molecule has 5 heteroatoms. The average molecular weight is 326 g/mol. The number of likely N-dealkylation sites (tertiary alicyclic amines) is 1. The third-order valence-electron chi connectivity index (χ3n) is 4.43. The third-order valence-corrected chi connectivity index (χ3v) is 4.43. The molecule has 0 aromatic heterocycles. The molecule has 0 saturated carbocycles. The molecule has 0 amide bonds. The summed E-state index contributed by atoms with van der Waals surface area (Å²) in [5, 5.41) is 19.3. The van der Waals surface area contributed by atoms with E-state index in [0.717, 1.165) is 16.9 Å². The zero-order valence-corrected chi connectivity index (χ0v) is 13.4. The van der Waals surface area contributed by atoms with Crippen molar-refractivity contribution in [2.24, 2.45) is 0 Å². The Kier molecular flexibility index (Phi) is 4.79. The second kappa shape index (κ2) is 7.00. The van der Waals surface area contributed by atoms with Crippen LogP contribution in [0.5, 0.6) is 5.75 Å². The summed E-state index contributed by atoms with van der Waals surface area (Å²) in [6.45, 7) is 1.01. The number of halogens is 1. The van der Waals surface area contributed by atoms with Crippen molar-refractivity contribution in [1.29, 1.82) is 5.26 Å². The Hall–Kier alpha value is -2.42. The molecule has 1 aliphatic rings. The van der Waals surface area contributed by atoms with Gasteiger partial charge in [0.05, 0.1) is 24.8 Å². The monoisotopic (exact) mass is 326 g/mol. The van der Waals surface area contributed by atoms with Gasteiger partial charge in [-0.2, -0.15) is 5.26 Å². The van der Waals surface area contributed by atoms with Crippen molar-refractivity contribution in [2.45, 2.75) is 25.1 Å². The lowest BCUT2D eigenvalue weighted by atomic mass is 10.0. The van der Waals surface area contributed by atoms with Crippen LogP contribution in [0.4, 0.5) is 4.39 Å². The van der Waals surface area contributed by atoms with E-state index in [1.54, 1.807) is 13.2 Å². The summed E-state index contributed by atoms with van der Waals surface area (Å²) in [5.41, 5.74) is 2.16. The molecule has 0 spiro atoms. The van der Waals surface area contributed by atoms with E-state index in [4.69, 9.17) is 4.74 Å². The van der Waals surface area contributed by atoms with Gasteiger partial charge in [0.25, 0.3) is 0 Å². The van der Waals surface area contributed by atoms with Gasteiger partial charge in [-0.3, -0.25) is 4.90 Å². The summed E-state index contributed by atoms with van der Waals surface area (Å²) in [4.78, 5) is 2.12. The molecular formula is C19H19FN2O2. The Bertz CT molecular complexity index is 772. The van der Waals surface area contributed by atoms with Gasteiger partial charge < -0.3 is 9.84 Å². The summed E-state index contributed by atoms with van der Waals surface area (Å²) in [7, 11) is 1.62. The van der Waals surface area contributed by atoms with Crippen LogP contribution in [0.1, 0.15) is 29.2 Å². The van der Waals surface area contributed by atoms with Crippen LogP contribution in [0.15, 0.2) is 42.5 Å². The Morgan fingerprint density at radius 1 is 1.33 bits per heavy atom. The maximum atomic E-state index is 13.3. The molecular weight excluding hydrogens is 307 g/mol. The lowest BCUT2D eigenvalue weighted by molar-refractivity contribution is 0.172. The minimum atomic E-state index is -0.424. The van der Waals surface area contributed by atoms with E-state index in [1.807, 2.05) is 30.3 Å².